The van der Waals surface area contributed by atoms with Crippen molar-refractivity contribution in [3.8, 4) is 5.75 Å². The highest BCUT2D eigenvalue weighted by molar-refractivity contribution is 7.52. The number of hydrogen-bond donors (Lipinski definition) is 2. The molecule has 0 amide bonds. The van der Waals surface area contributed by atoms with Crippen molar-refractivity contribution in [2.45, 2.75) is 70.7 Å². The Morgan fingerprint density at radius 2 is 1.98 bits per heavy atom. The van der Waals surface area contributed by atoms with Crippen molar-refractivity contribution < 1.29 is 44.7 Å². The Hall–Kier alpha value is -3.32. The number of nitrogens with one attached hydrogen (secondary N) is 2. The number of unbranched alkanes of at least 4 members (excludes halogenated alkanes) is 1. The summed E-state index contributed by atoms with van der Waals surface area (Å²) < 4.78 is 57.9. The molecular weight excluding hydrogens is 552 g/mol. The summed E-state index contributed by atoms with van der Waals surface area (Å²) in [5, 5.41) is 2.51. The van der Waals surface area contributed by atoms with E-state index in [1.807, 2.05) is 11.9 Å². The number of hydrogen-bond acceptors (Lipinski definition) is 10. The molecule has 6 atom stereocenters. The quantitative estimate of drug-likeness (QED) is 0.200. The number of nitrogens with zero attached hydrogens (tertiary/aromatic N) is 1. The normalized spacial score (nSPS) is 24.6. The number of halogens is 1. The van der Waals surface area contributed by atoms with E-state index < -0.39 is 67.7 Å². The van der Waals surface area contributed by atoms with E-state index in [0.717, 1.165) is 37.1 Å². The molecule has 1 aliphatic rings. The van der Waals surface area contributed by atoms with E-state index in [9.17, 15) is 23.7 Å². The molecule has 15 heteroatoms. The van der Waals surface area contributed by atoms with Crippen LogP contribution in [0.2, 0.25) is 0 Å². The van der Waals surface area contributed by atoms with Crippen molar-refractivity contribution in [3.05, 3.63) is 63.4 Å². The molecule has 2 aromatic rings. The first-order chi connectivity index (χ1) is 18.9. The molecule has 0 radical (unpaired) electrons. The van der Waals surface area contributed by atoms with Crippen LogP contribution >= 0.6 is 7.75 Å². The van der Waals surface area contributed by atoms with Crippen LogP contribution in [0.25, 0.3) is 0 Å². The van der Waals surface area contributed by atoms with Crippen LogP contribution in [0.1, 0.15) is 49.6 Å². The van der Waals surface area contributed by atoms with Gasteiger partial charge in [-0.1, -0.05) is 31.5 Å². The van der Waals surface area contributed by atoms with E-state index in [-0.39, 0.29) is 15.2 Å². The van der Waals surface area contributed by atoms with Crippen LogP contribution in [-0.4, -0.2) is 58.6 Å². The van der Waals surface area contributed by atoms with Crippen LogP contribution < -0.4 is 20.9 Å². The SMILES string of the molecule is CCCCOC(=O)[C@H](C)NP(=O)(OC[C@H]1O[C@@H](n2ccc(=O)[nH]c2=O)[C@](C)(F)[C@@H]1OC(C)=O)Oc1ccccc1.[HH].[HH]. The van der Waals surface area contributed by atoms with Gasteiger partial charge in [-0.25, -0.2) is 13.8 Å². The molecular formula is C25H37FN3O10P. The minimum Gasteiger partial charge on any atom is -0.465 e. The van der Waals surface area contributed by atoms with Crippen molar-refractivity contribution in [3.63, 3.8) is 0 Å². The van der Waals surface area contributed by atoms with Crippen LogP contribution in [-0.2, 0) is 32.9 Å². The highest BCUT2D eigenvalue weighted by Crippen LogP contribution is 2.48. The molecule has 0 saturated carbocycles. The largest absolute Gasteiger partial charge is 0.465 e. The number of carbonyl (C=O) groups is 2. The van der Waals surface area contributed by atoms with Crippen molar-refractivity contribution in [1.82, 2.24) is 14.6 Å². The fourth-order valence-corrected chi connectivity index (χ4v) is 5.44. The molecule has 13 nitrogen and oxygen atoms in total. The maximum absolute atomic E-state index is 16.1. The van der Waals surface area contributed by atoms with Gasteiger partial charge in [-0.05, 0) is 32.4 Å². The first-order valence-electron chi connectivity index (χ1n) is 12.6. The number of benzene rings is 1. The van der Waals surface area contributed by atoms with Crippen molar-refractivity contribution >= 4 is 19.7 Å². The predicted octanol–water partition coefficient (Wildman–Crippen LogP) is 3.11. The third kappa shape index (κ3) is 7.87. The minimum atomic E-state index is -4.36. The summed E-state index contributed by atoms with van der Waals surface area (Å²) in [7, 11) is -4.36. The Kier molecular flexibility index (Phi) is 10.4. The Morgan fingerprint density at radius 3 is 2.60 bits per heavy atom. The molecule has 2 heterocycles. The second-order valence-corrected chi connectivity index (χ2v) is 11.0. The molecule has 1 saturated heterocycles. The summed E-state index contributed by atoms with van der Waals surface area (Å²) in [6, 6.07) is 7.84. The summed E-state index contributed by atoms with van der Waals surface area (Å²) in [5.74, 6) is -1.40. The maximum atomic E-state index is 16.1. The molecule has 0 spiro atoms. The molecule has 1 unspecified atom stereocenters. The molecule has 0 aliphatic carbocycles. The second kappa shape index (κ2) is 13.4. The van der Waals surface area contributed by atoms with Gasteiger partial charge in [0, 0.05) is 22.0 Å². The first-order valence-corrected chi connectivity index (χ1v) is 14.2. The number of aromatic nitrogens is 2. The van der Waals surface area contributed by atoms with Crippen molar-refractivity contribution in [1.29, 1.82) is 0 Å². The van der Waals surface area contributed by atoms with Gasteiger partial charge in [0.15, 0.2) is 18.0 Å². The zero-order valence-electron chi connectivity index (χ0n) is 22.5. The minimum absolute atomic E-state index is 0. The Morgan fingerprint density at radius 1 is 1.27 bits per heavy atom. The van der Waals surface area contributed by atoms with Crippen LogP contribution in [0, 0.1) is 0 Å². The van der Waals surface area contributed by atoms with Gasteiger partial charge >= 0.3 is 25.4 Å². The lowest BCUT2D eigenvalue weighted by molar-refractivity contribution is -0.155. The number of H-pyrrole nitrogens is 1. The number of alkyl halides is 1. The first kappa shape index (κ1) is 31.2. The van der Waals surface area contributed by atoms with Gasteiger partial charge in [-0.15, -0.1) is 0 Å². The summed E-state index contributed by atoms with van der Waals surface area (Å²) in [6.45, 7) is 4.97. The number of esters is 2. The van der Waals surface area contributed by atoms with Gasteiger partial charge in [0.2, 0.25) is 0 Å². The van der Waals surface area contributed by atoms with Gasteiger partial charge in [0.05, 0.1) is 13.2 Å². The van der Waals surface area contributed by atoms with Crippen molar-refractivity contribution in [2.75, 3.05) is 13.2 Å². The Labute approximate surface area is 232 Å². The summed E-state index contributed by atoms with van der Waals surface area (Å²) in [5.41, 5.74) is -4.15. The summed E-state index contributed by atoms with van der Waals surface area (Å²) in [4.78, 5) is 50.1. The summed E-state index contributed by atoms with van der Waals surface area (Å²) >= 11 is 0. The van der Waals surface area contributed by atoms with Crippen LogP contribution in [0.15, 0.2) is 52.2 Å². The lowest BCUT2D eigenvalue weighted by Gasteiger charge is -2.28. The highest BCUT2D eigenvalue weighted by atomic mass is 31.2. The Balaban J connectivity index is 0.00000441. The van der Waals surface area contributed by atoms with E-state index in [4.69, 9.17) is 23.3 Å². The van der Waals surface area contributed by atoms with Crippen molar-refractivity contribution in [2.24, 2.45) is 0 Å². The van der Waals surface area contributed by atoms with E-state index >= 15 is 4.39 Å². The van der Waals surface area contributed by atoms with E-state index in [1.165, 1.54) is 19.1 Å². The number of ether oxygens (including phenoxy) is 3. The fraction of sp³-hybridized carbons (Fsp3) is 0.520. The highest BCUT2D eigenvalue weighted by Gasteiger charge is 2.58. The number of para-hydroxylation sites is 1. The zero-order valence-corrected chi connectivity index (χ0v) is 23.4. The lowest BCUT2D eigenvalue weighted by atomic mass is 9.98. The molecule has 3 rings (SSSR count). The van der Waals surface area contributed by atoms with Crippen LogP contribution in [0.4, 0.5) is 4.39 Å². The number of rotatable bonds is 13. The Bertz CT molecular complexity index is 1340. The molecule has 1 aromatic carbocycles. The van der Waals surface area contributed by atoms with E-state index in [1.54, 1.807) is 18.2 Å². The van der Waals surface area contributed by atoms with Gasteiger partial charge in [-0.2, -0.15) is 5.09 Å². The number of aromatic amines is 1. The standard InChI is InChI=1S/C25H33FN3O10P.2H2/c1-5-6-14-35-22(32)16(2)28-40(34,39-18-10-8-7-9-11-18)36-15-19-21(37-17(3)30)25(4,26)23(38-19)29-13-12-20(31)27-24(29)33;;/h7-13,16,19,21,23H,5-6,14-15H2,1-4H3,(H,28,34)(H,27,31,33);2*1H/t16-,19+,21+,23+,25+,40?;;/m0../s1. The van der Waals surface area contributed by atoms with Gasteiger partial charge in [0.1, 0.15) is 17.9 Å². The third-order valence-electron chi connectivity index (χ3n) is 5.90. The fourth-order valence-electron chi connectivity index (χ4n) is 3.93. The van der Waals surface area contributed by atoms with Gasteiger partial charge in [-0.3, -0.25) is 28.5 Å². The zero-order chi connectivity index (χ0) is 29.5. The van der Waals surface area contributed by atoms with Gasteiger partial charge < -0.3 is 18.7 Å². The molecule has 0 bridgehead atoms. The molecule has 2 N–H and O–H groups in total. The van der Waals surface area contributed by atoms with E-state index in [2.05, 4.69) is 5.09 Å². The summed E-state index contributed by atoms with van der Waals surface area (Å²) in [6.07, 6.45) is -2.16. The maximum Gasteiger partial charge on any atom is 0.459 e. The average Bonchev–Trinajstić information content (AvgIpc) is 3.12. The topological polar surface area (TPSA) is 164 Å². The average molecular weight is 590 g/mol. The smallest absolute Gasteiger partial charge is 0.459 e. The number of carbonyl (C=O) groups excluding carboxylic acids is 2. The van der Waals surface area contributed by atoms with E-state index in [0.29, 0.717) is 6.42 Å². The van der Waals surface area contributed by atoms with Crippen LogP contribution in [0.3, 0.4) is 0 Å². The molecule has 1 aromatic heterocycles. The molecule has 40 heavy (non-hydrogen) atoms. The third-order valence-corrected chi connectivity index (χ3v) is 7.55. The molecule has 224 valence electrons. The van der Waals surface area contributed by atoms with Crippen LogP contribution in [0.5, 0.6) is 5.75 Å². The lowest BCUT2D eigenvalue weighted by Crippen LogP contribution is -2.46. The molecule has 1 aliphatic heterocycles. The monoisotopic (exact) mass is 589 g/mol. The molecule has 1 fully saturated rings. The second-order valence-electron chi connectivity index (χ2n) is 9.29. The van der Waals surface area contributed by atoms with Gasteiger partial charge in [0.25, 0.3) is 5.56 Å². The predicted molar refractivity (Wildman–Crippen MR) is 144 cm³/mol.